The molecule has 0 atom stereocenters. The summed E-state index contributed by atoms with van der Waals surface area (Å²) in [6.45, 7) is 7.00. The highest BCUT2D eigenvalue weighted by Crippen LogP contribution is 2.37. The molecule has 2 aromatic rings. The topological polar surface area (TPSA) is 45.2 Å². The number of para-hydroxylation sites is 1. The predicted molar refractivity (Wildman–Crippen MR) is 99.9 cm³/mol. The maximum absolute atomic E-state index is 10.0. The number of phenolic OH excluding ortho intramolecular Hbond substituents is 1. The lowest BCUT2D eigenvalue weighted by Crippen LogP contribution is -2.46. The fourth-order valence-electron chi connectivity index (χ4n) is 3.36. The number of hydrogen-bond donors (Lipinski definition) is 1. The zero-order chi connectivity index (χ0) is 17.8. The van der Waals surface area contributed by atoms with Crippen LogP contribution in [0.1, 0.15) is 11.1 Å². The summed E-state index contributed by atoms with van der Waals surface area (Å²) in [4.78, 5) is 4.86. The van der Waals surface area contributed by atoms with Crippen LogP contribution in [0.4, 0.5) is 5.69 Å². The van der Waals surface area contributed by atoms with Gasteiger partial charge in [0.05, 0.1) is 14.2 Å². The van der Waals surface area contributed by atoms with E-state index < -0.39 is 0 Å². The van der Waals surface area contributed by atoms with Crippen LogP contribution < -0.4 is 14.4 Å². The molecule has 25 heavy (non-hydrogen) atoms. The van der Waals surface area contributed by atoms with Crippen LogP contribution in [-0.2, 0) is 6.54 Å². The monoisotopic (exact) mass is 342 g/mol. The van der Waals surface area contributed by atoms with E-state index in [0.717, 1.165) is 38.3 Å². The van der Waals surface area contributed by atoms with E-state index >= 15 is 0 Å². The second kappa shape index (κ2) is 7.66. The molecular formula is C20H26N2O3. The van der Waals surface area contributed by atoms with Crippen molar-refractivity contribution in [1.29, 1.82) is 0 Å². The van der Waals surface area contributed by atoms with Crippen LogP contribution in [0.25, 0.3) is 0 Å². The maximum atomic E-state index is 10.0. The van der Waals surface area contributed by atoms with Crippen LogP contribution in [0.15, 0.2) is 36.4 Å². The third-order valence-corrected chi connectivity index (χ3v) is 4.77. The Bertz CT molecular complexity index is 700. The molecule has 0 bridgehead atoms. The minimum absolute atomic E-state index is 0.0538. The van der Waals surface area contributed by atoms with Crippen molar-refractivity contribution < 1.29 is 14.6 Å². The summed E-state index contributed by atoms with van der Waals surface area (Å²) in [6, 6.07) is 12.3. The fraction of sp³-hybridized carbons (Fsp3) is 0.400. The van der Waals surface area contributed by atoms with Gasteiger partial charge >= 0.3 is 0 Å². The van der Waals surface area contributed by atoms with Gasteiger partial charge in [0.25, 0.3) is 0 Å². The molecule has 1 saturated heterocycles. The SMILES string of the molecule is COc1cc(CN2CCN(c3ccccc3C)CC2)cc(OC)c1O. The zero-order valence-corrected chi connectivity index (χ0v) is 15.2. The van der Waals surface area contributed by atoms with E-state index in [1.165, 1.54) is 11.3 Å². The minimum Gasteiger partial charge on any atom is -0.502 e. The molecule has 5 nitrogen and oxygen atoms in total. The van der Waals surface area contributed by atoms with Crippen molar-refractivity contribution in [3.8, 4) is 17.2 Å². The Morgan fingerprint density at radius 1 is 0.960 bits per heavy atom. The number of hydrogen-bond acceptors (Lipinski definition) is 5. The van der Waals surface area contributed by atoms with Gasteiger partial charge in [0.2, 0.25) is 5.75 Å². The molecule has 0 spiro atoms. The molecule has 1 heterocycles. The molecule has 0 unspecified atom stereocenters. The molecule has 0 radical (unpaired) electrons. The van der Waals surface area contributed by atoms with Gasteiger partial charge in [0.1, 0.15) is 0 Å². The van der Waals surface area contributed by atoms with Gasteiger partial charge in [-0.2, -0.15) is 0 Å². The maximum Gasteiger partial charge on any atom is 0.200 e. The standard InChI is InChI=1S/C20H26N2O3/c1-15-6-4-5-7-17(15)22-10-8-21(9-11-22)14-16-12-18(24-2)20(23)19(13-16)25-3/h4-7,12-13,23H,8-11,14H2,1-3H3. The number of anilines is 1. The van der Waals surface area contributed by atoms with Crippen LogP contribution in [-0.4, -0.2) is 50.4 Å². The Kier molecular flexibility index (Phi) is 5.34. The van der Waals surface area contributed by atoms with Gasteiger partial charge < -0.3 is 19.5 Å². The van der Waals surface area contributed by atoms with E-state index in [9.17, 15) is 5.11 Å². The van der Waals surface area contributed by atoms with Gasteiger partial charge in [-0.05, 0) is 36.2 Å². The number of phenols is 1. The van der Waals surface area contributed by atoms with Crippen molar-refractivity contribution >= 4 is 5.69 Å². The predicted octanol–water partition coefficient (Wildman–Crippen LogP) is 3.04. The molecule has 1 aliphatic rings. The highest BCUT2D eigenvalue weighted by atomic mass is 16.5. The van der Waals surface area contributed by atoms with Crippen molar-refractivity contribution in [1.82, 2.24) is 4.90 Å². The van der Waals surface area contributed by atoms with Crippen LogP contribution in [0.3, 0.4) is 0 Å². The number of ether oxygens (including phenoxy) is 2. The molecule has 0 saturated carbocycles. The zero-order valence-electron chi connectivity index (χ0n) is 15.2. The number of aromatic hydroxyl groups is 1. The van der Waals surface area contributed by atoms with E-state index in [0.29, 0.717) is 11.5 Å². The average molecular weight is 342 g/mol. The molecule has 1 N–H and O–H groups in total. The van der Waals surface area contributed by atoms with Gasteiger partial charge in [-0.15, -0.1) is 0 Å². The quantitative estimate of drug-likeness (QED) is 0.905. The molecule has 1 fully saturated rings. The third-order valence-electron chi connectivity index (χ3n) is 4.77. The summed E-state index contributed by atoms with van der Waals surface area (Å²) < 4.78 is 10.5. The van der Waals surface area contributed by atoms with Crippen LogP contribution >= 0.6 is 0 Å². The van der Waals surface area contributed by atoms with Crippen molar-refractivity contribution in [3.63, 3.8) is 0 Å². The van der Waals surface area contributed by atoms with E-state index in [-0.39, 0.29) is 5.75 Å². The number of piperazine rings is 1. The lowest BCUT2D eigenvalue weighted by atomic mass is 10.1. The third kappa shape index (κ3) is 3.82. The molecule has 0 aromatic heterocycles. The van der Waals surface area contributed by atoms with Gasteiger partial charge in [-0.3, -0.25) is 4.90 Å². The van der Waals surface area contributed by atoms with Gasteiger partial charge in [-0.1, -0.05) is 18.2 Å². The van der Waals surface area contributed by atoms with Crippen LogP contribution in [0, 0.1) is 6.92 Å². The smallest absolute Gasteiger partial charge is 0.200 e. The summed E-state index contributed by atoms with van der Waals surface area (Å²) in [6.07, 6.45) is 0. The Hall–Kier alpha value is -2.40. The molecule has 5 heteroatoms. The summed E-state index contributed by atoms with van der Waals surface area (Å²) in [5, 5.41) is 10.0. The number of rotatable bonds is 5. The average Bonchev–Trinajstić information content (AvgIpc) is 2.64. The molecular weight excluding hydrogens is 316 g/mol. The second-order valence-corrected chi connectivity index (χ2v) is 6.40. The lowest BCUT2D eigenvalue weighted by Gasteiger charge is -2.36. The molecule has 0 amide bonds. The Labute approximate surface area is 149 Å². The van der Waals surface area contributed by atoms with Crippen LogP contribution in [0.2, 0.25) is 0 Å². The van der Waals surface area contributed by atoms with Crippen molar-refractivity contribution in [2.24, 2.45) is 0 Å². The first kappa shape index (κ1) is 17.4. The summed E-state index contributed by atoms with van der Waals surface area (Å²) in [5.74, 6) is 0.957. The number of methoxy groups -OCH3 is 2. The van der Waals surface area contributed by atoms with Gasteiger partial charge in [-0.25, -0.2) is 0 Å². The van der Waals surface area contributed by atoms with Gasteiger partial charge in [0.15, 0.2) is 11.5 Å². The molecule has 134 valence electrons. The van der Waals surface area contributed by atoms with E-state index in [2.05, 4.69) is 41.0 Å². The first-order valence-corrected chi connectivity index (χ1v) is 8.59. The molecule has 0 aliphatic carbocycles. The molecule has 1 aliphatic heterocycles. The normalized spacial score (nSPS) is 15.2. The first-order valence-electron chi connectivity index (χ1n) is 8.59. The summed E-state index contributed by atoms with van der Waals surface area (Å²) >= 11 is 0. The lowest BCUT2D eigenvalue weighted by molar-refractivity contribution is 0.248. The van der Waals surface area contributed by atoms with Crippen molar-refractivity contribution in [2.45, 2.75) is 13.5 Å². The number of benzene rings is 2. The number of aryl methyl sites for hydroxylation is 1. The Morgan fingerprint density at radius 2 is 1.56 bits per heavy atom. The molecule has 2 aromatic carbocycles. The largest absolute Gasteiger partial charge is 0.502 e. The van der Waals surface area contributed by atoms with Crippen LogP contribution in [0.5, 0.6) is 17.2 Å². The molecule has 3 rings (SSSR count). The van der Waals surface area contributed by atoms with E-state index in [1.54, 1.807) is 14.2 Å². The second-order valence-electron chi connectivity index (χ2n) is 6.40. The van der Waals surface area contributed by atoms with Crippen molar-refractivity contribution in [2.75, 3.05) is 45.3 Å². The summed E-state index contributed by atoms with van der Waals surface area (Å²) in [7, 11) is 3.11. The number of nitrogens with zero attached hydrogens (tertiary/aromatic N) is 2. The summed E-state index contributed by atoms with van der Waals surface area (Å²) in [5.41, 5.74) is 3.73. The Morgan fingerprint density at radius 3 is 2.12 bits per heavy atom. The van der Waals surface area contributed by atoms with E-state index in [1.807, 2.05) is 12.1 Å². The van der Waals surface area contributed by atoms with Crippen molar-refractivity contribution in [3.05, 3.63) is 47.5 Å². The minimum atomic E-state index is 0.0538. The first-order chi connectivity index (χ1) is 12.1. The highest BCUT2D eigenvalue weighted by molar-refractivity contribution is 5.54. The Balaban J connectivity index is 1.65. The highest BCUT2D eigenvalue weighted by Gasteiger charge is 2.19. The van der Waals surface area contributed by atoms with E-state index in [4.69, 9.17) is 9.47 Å². The fourth-order valence-corrected chi connectivity index (χ4v) is 3.36. The van der Waals surface area contributed by atoms with Gasteiger partial charge in [0, 0.05) is 38.4 Å².